The molecular weight excluding hydrogens is 322 g/mol. The molecule has 0 radical (unpaired) electrons. The van der Waals surface area contributed by atoms with Crippen LogP contribution in [0.15, 0.2) is 18.2 Å². The van der Waals surface area contributed by atoms with Crippen LogP contribution in [0.3, 0.4) is 0 Å². The van der Waals surface area contributed by atoms with Gasteiger partial charge in [0.25, 0.3) is 0 Å². The molecule has 1 aliphatic heterocycles. The molecule has 1 saturated heterocycles. The van der Waals surface area contributed by atoms with Gasteiger partial charge in [-0.1, -0.05) is 26.0 Å². The third-order valence-electron chi connectivity index (χ3n) is 5.36. The zero-order chi connectivity index (χ0) is 18.0. The average Bonchev–Trinajstić information content (AvgIpc) is 3.04. The zero-order valence-electron chi connectivity index (χ0n) is 15.2. The fraction of sp³-hybridized carbons (Fsp3) is 0.650. The lowest BCUT2D eigenvalue weighted by molar-refractivity contribution is -0.134. The standard InChI is InChI=1S/C20H28F2N2O/c1-14(2)12-23-19(25)16-10-20(22,11-16)17-6-5-15(18(21)9-17)13-24-7-3-4-8-24/h5-6,9,14,16H,3-4,7-8,10-13H2,1-2H3,(H,23,25)/t16-,20+. The van der Waals surface area contributed by atoms with Gasteiger partial charge in [-0.15, -0.1) is 0 Å². The molecule has 1 aromatic rings. The number of hydrogen-bond donors (Lipinski definition) is 1. The lowest BCUT2D eigenvalue weighted by Gasteiger charge is -2.41. The molecule has 2 fully saturated rings. The van der Waals surface area contributed by atoms with Crippen molar-refractivity contribution in [3.05, 3.63) is 35.1 Å². The first-order valence-electron chi connectivity index (χ1n) is 9.35. The van der Waals surface area contributed by atoms with Crippen LogP contribution >= 0.6 is 0 Å². The molecule has 0 atom stereocenters. The minimum atomic E-state index is -1.58. The second-order valence-corrected chi connectivity index (χ2v) is 8.00. The van der Waals surface area contributed by atoms with Crippen LogP contribution in [0.25, 0.3) is 0 Å². The van der Waals surface area contributed by atoms with Crippen LogP contribution in [-0.4, -0.2) is 30.4 Å². The Balaban J connectivity index is 1.58. The van der Waals surface area contributed by atoms with E-state index in [2.05, 4.69) is 10.2 Å². The maximum absolute atomic E-state index is 15.0. The van der Waals surface area contributed by atoms with E-state index in [1.807, 2.05) is 13.8 Å². The van der Waals surface area contributed by atoms with Gasteiger partial charge in [-0.2, -0.15) is 0 Å². The van der Waals surface area contributed by atoms with Crippen LogP contribution in [0, 0.1) is 17.7 Å². The van der Waals surface area contributed by atoms with Crippen molar-refractivity contribution in [3.63, 3.8) is 0 Å². The SMILES string of the molecule is CC(C)CNC(=O)[C@H]1C[C@](F)(c2ccc(CN3CCCC3)c(F)c2)C1. The number of halogens is 2. The number of rotatable bonds is 6. The highest BCUT2D eigenvalue weighted by atomic mass is 19.1. The van der Waals surface area contributed by atoms with E-state index in [9.17, 15) is 9.18 Å². The number of alkyl halides is 1. The highest BCUT2D eigenvalue weighted by molar-refractivity contribution is 5.80. The van der Waals surface area contributed by atoms with Gasteiger partial charge in [0, 0.05) is 24.6 Å². The molecule has 25 heavy (non-hydrogen) atoms. The van der Waals surface area contributed by atoms with Crippen molar-refractivity contribution >= 4 is 5.91 Å². The van der Waals surface area contributed by atoms with Crippen molar-refractivity contribution in [1.29, 1.82) is 0 Å². The Kier molecular flexibility index (Phi) is 5.42. The fourth-order valence-electron chi connectivity index (χ4n) is 3.73. The van der Waals surface area contributed by atoms with Gasteiger partial charge in [0.05, 0.1) is 0 Å². The summed E-state index contributed by atoms with van der Waals surface area (Å²) in [6.07, 6.45) is 2.60. The van der Waals surface area contributed by atoms with E-state index < -0.39 is 5.67 Å². The minimum absolute atomic E-state index is 0.0897. The fourth-order valence-corrected chi connectivity index (χ4v) is 3.73. The molecule has 1 heterocycles. The van der Waals surface area contributed by atoms with E-state index in [4.69, 9.17) is 0 Å². The minimum Gasteiger partial charge on any atom is -0.356 e. The van der Waals surface area contributed by atoms with Crippen molar-refractivity contribution in [2.24, 2.45) is 11.8 Å². The predicted molar refractivity (Wildman–Crippen MR) is 94.3 cm³/mol. The zero-order valence-corrected chi connectivity index (χ0v) is 15.2. The summed E-state index contributed by atoms with van der Waals surface area (Å²) in [5.41, 5.74) is -0.588. The third-order valence-corrected chi connectivity index (χ3v) is 5.36. The summed E-state index contributed by atoms with van der Waals surface area (Å²) in [5, 5.41) is 2.85. The molecule has 3 nitrogen and oxygen atoms in total. The molecule has 0 bridgehead atoms. The normalized spacial score (nSPS) is 26.7. The highest BCUT2D eigenvalue weighted by Crippen LogP contribution is 2.49. The summed E-state index contributed by atoms with van der Waals surface area (Å²) >= 11 is 0. The molecule has 2 aliphatic rings. The molecule has 0 aromatic heterocycles. The van der Waals surface area contributed by atoms with Gasteiger partial charge < -0.3 is 5.32 Å². The maximum atomic E-state index is 15.0. The van der Waals surface area contributed by atoms with Crippen LogP contribution in [0.2, 0.25) is 0 Å². The van der Waals surface area contributed by atoms with Crippen LogP contribution in [0.5, 0.6) is 0 Å². The Morgan fingerprint density at radius 2 is 2.00 bits per heavy atom. The first kappa shape index (κ1) is 18.3. The Morgan fingerprint density at radius 1 is 1.32 bits per heavy atom. The van der Waals surface area contributed by atoms with Crippen LogP contribution in [0.1, 0.15) is 50.7 Å². The molecule has 1 amide bonds. The first-order valence-corrected chi connectivity index (χ1v) is 9.35. The van der Waals surface area contributed by atoms with Crippen molar-refractivity contribution < 1.29 is 13.6 Å². The number of benzene rings is 1. The quantitative estimate of drug-likeness (QED) is 0.847. The molecule has 1 aliphatic carbocycles. The molecule has 1 N–H and O–H groups in total. The Labute approximate surface area is 148 Å². The maximum Gasteiger partial charge on any atom is 0.223 e. The Bertz CT molecular complexity index is 620. The lowest BCUT2D eigenvalue weighted by atomic mass is 9.68. The van der Waals surface area contributed by atoms with Crippen molar-refractivity contribution in [2.75, 3.05) is 19.6 Å². The van der Waals surface area contributed by atoms with Gasteiger partial charge in [-0.3, -0.25) is 9.69 Å². The van der Waals surface area contributed by atoms with E-state index in [1.165, 1.54) is 6.07 Å². The van der Waals surface area contributed by atoms with E-state index >= 15 is 4.39 Å². The number of hydrogen-bond acceptors (Lipinski definition) is 2. The molecule has 0 unspecified atom stereocenters. The highest BCUT2D eigenvalue weighted by Gasteiger charge is 2.49. The summed E-state index contributed by atoms with van der Waals surface area (Å²) in [6, 6.07) is 4.72. The van der Waals surface area contributed by atoms with Crippen molar-refractivity contribution in [2.45, 2.75) is 51.7 Å². The molecule has 138 valence electrons. The number of likely N-dealkylation sites (tertiary alicyclic amines) is 1. The smallest absolute Gasteiger partial charge is 0.223 e. The monoisotopic (exact) mass is 350 g/mol. The third kappa shape index (κ3) is 4.20. The van der Waals surface area contributed by atoms with Crippen LogP contribution in [0.4, 0.5) is 8.78 Å². The largest absolute Gasteiger partial charge is 0.356 e. The second-order valence-electron chi connectivity index (χ2n) is 8.00. The van der Waals surface area contributed by atoms with E-state index in [-0.39, 0.29) is 30.5 Å². The Hall–Kier alpha value is -1.49. The molecule has 5 heteroatoms. The summed E-state index contributed by atoms with van der Waals surface area (Å²) < 4.78 is 29.4. The summed E-state index contributed by atoms with van der Waals surface area (Å²) in [5.74, 6) is -0.366. The molecule has 0 spiro atoms. The first-order chi connectivity index (χ1) is 11.9. The number of carbonyl (C=O) groups is 1. The number of nitrogens with one attached hydrogen (secondary N) is 1. The molecule has 1 saturated carbocycles. The second kappa shape index (κ2) is 7.40. The van der Waals surface area contributed by atoms with E-state index in [0.717, 1.165) is 25.9 Å². The molecule has 1 aromatic carbocycles. The van der Waals surface area contributed by atoms with Gasteiger partial charge in [0.1, 0.15) is 11.5 Å². The number of carbonyl (C=O) groups excluding carboxylic acids is 1. The van der Waals surface area contributed by atoms with Gasteiger partial charge in [0.15, 0.2) is 0 Å². The van der Waals surface area contributed by atoms with Gasteiger partial charge in [-0.25, -0.2) is 8.78 Å². The summed E-state index contributed by atoms with van der Waals surface area (Å²) in [6.45, 7) is 7.24. The molecule has 3 rings (SSSR count). The average molecular weight is 350 g/mol. The summed E-state index contributed by atoms with van der Waals surface area (Å²) in [7, 11) is 0. The van der Waals surface area contributed by atoms with Gasteiger partial charge >= 0.3 is 0 Å². The number of nitrogens with zero attached hydrogens (tertiary/aromatic N) is 1. The van der Waals surface area contributed by atoms with E-state index in [1.54, 1.807) is 12.1 Å². The lowest BCUT2D eigenvalue weighted by Crippen LogP contribution is -2.46. The van der Waals surface area contributed by atoms with Crippen molar-refractivity contribution in [1.82, 2.24) is 10.2 Å². The van der Waals surface area contributed by atoms with Crippen molar-refractivity contribution in [3.8, 4) is 0 Å². The Morgan fingerprint density at radius 3 is 2.60 bits per heavy atom. The predicted octanol–water partition coefficient (Wildman–Crippen LogP) is 3.77. The number of amides is 1. The summed E-state index contributed by atoms with van der Waals surface area (Å²) in [4.78, 5) is 14.2. The van der Waals surface area contributed by atoms with Gasteiger partial charge in [-0.05, 0) is 56.3 Å². The molecular formula is C20H28F2N2O. The van der Waals surface area contributed by atoms with Gasteiger partial charge in [0.2, 0.25) is 5.91 Å². The van der Waals surface area contributed by atoms with Crippen LogP contribution in [-0.2, 0) is 17.0 Å². The topological polar surface area (TPSA) is 32.3 Å². The van der Waals surface area contributed by atoms with E-state index in [0.29, 0.717) is 30.1 Å². The van der Waals surface area contributed by atoms with Crippen LogP contribution < -0.4 is 5.32 Å².